The van der Waals surface area contributed by atoms with Crippen molar-refractivity contribution in [2.24, 2.45) is 0 Å². The van der Waals surface area contributed by atoms with Gasteiger partial charge in [-0.05, 0) is 202 Å². The predicted molar refractivity (Wildman–Crippen MR) is 613 cm³/mol. The van der Waals surface area contributed by atoms with Gasteiger partial charge < -0.3 is 18.4 Å². The molecule has 33 rings (SSSR count). The molecule has 3 unspecified atom stereocenters. The summed E-state index contributed by atoms with van der Waals surface area (Å²) in [7, 11) is 0. The molecule has 6 aliphatic rings. The van der Waals surface area contributed by atoms with Gasteiger partial charge in [-0.3, -0.25) is 15.0 Å². The second-order valence-corrected chi connectivity index (χ2v) is 42.0. The van der Waals surface area contributed by atoms with Crippen molar-refractivity contribution in [2.45, 2.75) is 45.3 Å². The second kappa shape index (κ2) is 32.5. The number of ether oxygens (including phenoxy) is 1. The first-order valence-electron chi connectivity index (χ1n) is 51.5. The van der Waals surface area contributed by atoms with Crippen LogP contribution >= 0.6 is 11.8 Å². The minimum Gasteiger partial charge on any atom is -0.457 e. The van der Waals surface area contributed by atoms with Gasteiger partial charge in [-0.25, -0.2) is 0 Å². The molecule has 0 saturated heterocycles. The number of hydrogen-bond donors (Lipinski definition) is 0. The average Bonchev–Trinajstić information content (AvgIpc) is 1.61. The summed E-state index contributed by atoms with van der Waals surface area (Å²) in [4.78, 5) is 16.7. The molecule has 0 radical (unpaired) electrons. The molecule has 5 aliphatic heterocycles. The Bertz CT molecular complexity index is 9970. The van der Waals surface area contributed by atoms with Crippen LogP contribution in [0.2, 0.25) is 0 Å². The van der Waals surface area contributed by atoms with E-state index in [0.29, 0.717) is 0 Å². The lowest BCUT2D eigenvalue weighted by atomic mass is 9.53. The molecule has 0 fully saturated rings. The SMILES string of the molecule is CC1(C)c2ccccc2C2(c3ccccc3-n3c4ccccc4c4cccc2c43)c2ccc(-c3ccc(-c4cccc5cccnc45)cc3)cc21.c1ccc2c(c1)Oc1cc(-c3ccc(-c4cccc5cccnc45)cc3)ccc1C21c2ccccc2-n2c3ccccc3c3cccc1c32.c1ccc2c(c1)Sc1cc(-c3ccc(-c4cccc5cccnc45)cc3)ccc1C21c2ccccc2-n2c3ccccc3c3cccc1c32. The molecular formula is C141H90N6OS. The number of rotatable bonds is 6. The Morgan fingerprint density at radius 3 is 0.966 bits per heavy atom. The summed E-state index contributed by atoms with van der Waals surface area (Å²) in [6.07, 6.45) is 5.62. The molecule has 0 bridgehead atoms. The normalized spacial score (nSPS) is 16.0. The summed E-state index contributed by atoms with van der Waals surface area (Å²) < 4.78 is 14.3. The van der Waals surface area contributed by atoms with Crippen LogP contribution in [0.5, 0.6) is 11.5 Å². The highest BCUT2D eigenvalue weighted by molar-refractivity contribution is 7.99. The van der Waals surface area contributed by atoms with Crippen LogP contribution in [0.4, 0.5) is 0 Å². The Hall–Kier alpha value is -18.6. The minimum atomic E-state index is -0.561. The van der Waals surface area contributed by atoms with E-state index in [-0.39, 0.29) is 5.41 Å². The first-order valence-corrected chi connectivity index (χ1v) is 52.3. The Morgan fingerprint density at radius 1 is 0.201 bits per heavy atom. The molecule has 27 aromatic rings. The van der Waals surface area contributed by atoms with E-state index in [9.17, 15) is 0 Å². The summed E-state index contributed by atoms with van der Waals surface area (Å²) in [5.41, 5.74) is 45.2. The van der Waals surface area contributed by atoms with Crippen LogP contribution in [-0.4, -0.2) is 28.7 Å². The van der Waals surface area contributed by atoms with Gasteiger partial charge in [-0.2, -0.15) is 0 Å². The van der Waals surface area contributed by atoms with Gasteiger partial charge in [0.2, 0.25) is 0 Å². The largest absolute Gasteiger partial charge is 0.457 e. The summed E-state index contributed by atoms with van der Waals surface area (Å²) in [6.45, 7) is 4.81. The molecule has 0 saturated carbocycles. The van der Waals surface area contributed by atoms with Crippen LogP contribution in [0.1, 0.15) is 91.7 Å². The molecule has 0 N–H and O–H groups in total. The smallest absolute Gasteiger partial charge is 0.132 e. The average molecular weight is 1920 g/mol. The first-order chi connectivity index (χ1) is 73.7. The topological polar surface area (TPSA) is 62.7 Å². The summed E-state index contributed by atoms with van der Waals surface area (Å²) >= 11 is 1.90. The molecule has 149 heavy (non-hydrogen) atoms. The van der Waals surface area contributed by atoms with Gasteiger partial charge in [0.15, 0.2) is 0 Å². The van der Waals surface area contributed by atoms with Crippen molar-refractivity contribution in [3.05, 3.63) is 588 Å². The second-order valence-electron chi connectivity index (χ2n) is 40.9. The van der Waals surface area contributed by atoms with Crippen LogP contribution in [-0.2, 0) is 21.7 Å². The van der Waals surface area contributed by atoms with Crippen molar-refractivity contribution in [2.75, 3.05) is 0 Å². The summed E-state index contributed by atoms with van der Waals surface area (Å²) in [5, 5.41) is 11.2. The molecule has 8 heteroatoms. The third-order valence-corrected chi connectivity index (χ3v) is 34.5. The lowest BCUT2D eigenvalue weighted by Crippen LogP contribution is -2.44. The maximum absolute atomic E-state index is 6.85. The third-order valence-electron chi connectivity index (χ3n) is 33.3. The molecule has 11 heterocycles. The molecule has 1 aliphatic carbocycles. The van der Waals surface area contributed by atoms with Crippen LogP contribution in [0.25, 0.3) is 182 Å². The third kappa shape index (κ3) is 12.0. The van der Waals surface area contributed by atoms with Gasteiger partial charge in [0, 0.05) is 110 Å². The van der Waals surface area contributed by atoms with E-state index in [0.717, 1.165) is 83.2 Å². The van der Waals surface area contributed by atoms with Gasteiger partial charge >= 0.3 is 0 Å². The van der Waals surface area contributed by atoms with E-state index >= 15 is 0 Å². The lowest BCUT2D eigenvalue weighted by molar-refractivity contribution is 0.434. The van der Waals surface area contributed by atoms with Crippen LogP contribution in [0, 0.1) is 0 Å². The van der Waals surface area contributed by atoms with Crippen LogP contribution in [0.3, 0.4) is 0 Å². The number of aromatic nitrogens is 6. The number of benzene rings is 21. The van der Waals surface area contributed by atoms with Gasteiger partial charge in [-0.1, -0.05) is 432 Å². The number of fused-ring (bicyclic) bond motifs is 36. The maximum atomic E-state index is 6.85. The van der Waals surface area contributed by atoms with E-state index in [4.69, 9.17) is 14.7 Å². The molecule has 7 nitrogen and oxygen atoms in total. The summed E-state index contributed by atoms with van der Waals surface area (Å²) in [5.74, 6) is 1.78. The number of nitrogens with zero attached hydrogens (tertiary/aromatic N) is 6. The fraction of sp³-hybridized carbons (Fsp3) is 0.0426. The highest BCUT2D eigenvalue weighted by Crippen LogP contribution is 2.66. The van der Waals surface area contributed by atoms with Crippen molar-refractivity contribution in [3.8, 4) is 95.3 Å². The Balaban J connectivity index is 0.000000101. The van der Waals surface area contributed by atoms with Crippen molar-refractivity contribution in [1.82, 2.24) is 28.7 Å². The van der Waals surface area contributed by atoms with Crippen molar-refractivity contribution >= 4 is 110 Å². The van der Waals surface area contributed by atoms with E-state index in [2.05, 4.69) is 506 Å². The van der Waals surface area contributed by atoms with E-state index in [1.54, 1.807) is 0 Å². The molecule has 6 aromatic heterocycles. The molecule has 696 valence electrons. The van der Waals surface area contributed by atoms with Crippen molar-refractivity contribution < 1.29 is 4.74 Å². The standard InChI is InChI=1S/C49H34N2.C46H28N2O.C46H28N2S/c1-48(2)38-17-4-5-18-39(38)49(41-19-6-8-22-45(41)51-44-21-7-3-14-36(44)37-16-10-20-42(49)47(37)51)40-28-27-34(30-43(40)48)31-23-25-32(26-24-31)35-15-9-12-33-13-11-29-50-46(33)35;2*1-4-18-40-34(12-1)35-14-8-17-39-45(35)48(40)41-19-5-2-15-36(41)46(39)37-16-3-6-20-42(37)49-43-28-32(25-26-38(43)46)29-21-23-30(24-22-29)33-13-7-10-31-11-9-27-47-44(31)33/h3-30H,1-2H3;2*1-28H. The summed E-state index contributed by atoms with van der Waals surface area (Å²) in [6, 6.07) is 181. The molecular weight excluding hydrogens is 1830 g/mol. The molecule has 3 atom stereocenters. The molecule has 21 aromatic carbocycles. The fourth-order valence-corrected chi connectivity index (χ4v) is 28.3. The zero-order chi connectivity index (χ0) is 98.1. The fourth-order valence-electron chi connectivity index (χ4n) is 27.0. The minimum absolute atomic E-state index is 0.214. The zero-order valence-electron chi connectivity index (χ0n) is 81.5. The zero-order valence-corrected chi connectivity index (χ0v) is 82.3. The maximum Gasteiger partial charge on any atom is 0.132 e. The highest BCUT2D eigenvalue weighted by atomic mass is 32.2. The van der Waals surface area contributed by atoms with E-state index < -0.39 is 16.2 Å². The number of hydrogen-bond acceptors (Lipinski definition) is 5. The number of para-hydroxylation sites is 13. The first kappa shape index (κ1) is 84.9. The van der Waals surface area contributed by atoms with Crippen LogP contribution in [0.15, 0.2) is 520 Å². The Kier molecular flexibility index (Phi) is 18.5. The van der Waals surface area contributed by atoms with E-state index in [1.807, 2.05) is 48.6 Å². The van der Waals surface area contributed by atoms with Crippen molar-refractivity contribution in [1.29, 1.82) is 0 Å². The van der Waals surface area contributed by atoms with E-state index in [1.165, 1.54) is 198 Å². The quantitative estimate of drug-likeness (QED) is 0.166. The monoisotopic (exact) mass is 1910 g/mol. The predicted octanol–water partition coefficient (Wildman–Crippen LogP) is 35.3. The van der Waals surface area contributed by atoms with Gasteiger partial charge in [0.25, 0.3) is 0 Å². The lowest BCUT2D eigenvalue weighted by Gasteiger charge is -2.50. The number of pyridine rings is 3. The molecule has 3 spiro atoms. The van der Waals surface area contributed by atoms with Gasteiger partial charge in [0.1, 0.15) is 11.5 Å². The molecule has 0 amide bonds. The van der Waals surface area contributed by atoms with Gasteiger partial charge in [0.05, 0.1) is 83.0 Å². The van der Waals surface area contributed by atoms with Crippen LogP contribution < -0.4 is 4.74 Å². The van der Waals surface area contributed by atoms with Crippen molar-refractivity contribution in [3.63, 3.8) is 0 Å². The Labute approximate surface area is 865 Å². The Morgan fingerprint density at radius 2 is 0.503 bits per heavy atom. The highest BCUT2D eigenvalue weighted by Gasteiger charge is 2.55. The van der Waals surface area contributed by atoms with Gasteiger partial charge in [-0.15, -0.1) is 0 Å².